The molecule has 0 unspecified atom stereocenters. The molecule has 3 aromatic rings. The molecular formula is C23H26ClN5O2. The molecule has 0 bridgehead atoms. The number of rotatable bonds is 7. The summed E-state index contributed by atoms with van der Waals surface area (Å²) < 4.78 is 7.12. The number of ether oxygens (including phenoxy) is 1. The van der Waals surface area contributed by atoms with E-state index in [1.165, 1.54) is 0 Å². The Labute approximate surface area is 187 Å². The van der Waals surface area contributed by atoms with Gasteiger partial charge in [-0.2, -0.15) is 11.0 Å². The number of halogens is 1. The molecule has 2 heterocycles. The van der Waals surface area contributed by atoms with Crippen molar-refractivity contribution >= 4 is 23.2 Å². The first-order chi connectivity index (χ1) is 14.9. The largest absolute Gasteiger partial charge is 0.481 e. The fourth-order valence-electron chi connectivity index (χ4n) is 3.30. The Morgan fingerprint density at radius 3 is 2.61 bits per heavy atom. The van der Waals surface area contributed by atoms with E-state index in [0.717, 1.165) is 28.8 Å². The molecule has 0 aliphatic carbocycles. The number of aryl methyl sites for hydroxylation is 3. The number of aliphatic imine (C=N–C) groups is 1. The van der Waals surface area contributed by atoms with Gasteiger partial charge in [-0.25, -0.2) is 9.98 Å². The maximum absolute atomic E-state index is 6.35. The molecule has 0 amide bonds. The van der Waals surface area contributed by atoms with Crippen molar-refractivity contribution in [3.8, 4) is 17.1 Å². The zero-order valence-electron chi connectivity index (χ0n) is 18.1. The number of hydrogen-bond donors (Lipinski definition) is 1. The minimum atomic E-state index is 0.200. The molecule has 2 aromatic heterocycles. The molecule has 1 aromatic carbocycles. The molecule has 0 aliphatic heterocycles. The van der Waals surface area contributed by atoms with Crippen LogP contribution in [0.4, 0.5) is 0 Å². The van der Waals surface area contributed by atoms with Crippen molar-refractivity contribution in [3.05, 3.63) is 70.5 Å². The monoisotopic (exact) mass is 439 g/mol. The molecule has 0 saturated heterocycles. The lowest BCUT2D eigenvalue weighted by molar-refractivity contribution is 0.319. The zero-order valence-corrected chi connectivity index (χ0v) is 18.9. The highest BCUT2D eigenvalue weighted by Crippen LogP contribution is 2.29. The SMILES string of the molecule is C=C(N=C(ON)c1cc(-c2ccccc2Cl)nn1CC)c1cc(CC)c(OC)nc1C. The fourth-order valence-corrected chi connectivity index (χ4v) is 3.54. The summed E-state index contributed by atoms with van der Waals surface area (Å²) in [6, 6.07) is 11.3. The number of benzene rings is 1. The highest BCUT2D eigenvalue weighted by molar-refractivity contribution is 6.33. The standard InChI is InChI=1S/C23H26ClN5O2/c1-6-16-12-18(14(3)26-22(16)30-5)15(4)27-23(31-25)21-13-20(28-29(21)7-2)17-10-8-9-11-19(17)24/h8-13H,4,6-7,25H2,1-3,5H3. The van der Waals surface area contributed by atoms with Crippen LogP contribution in [0.5, 0.6) is 5.88 Å². The van der Waals surface area contributed by atoms with Crippen LogP contribution in [0.15, 0.2) is 48.0 Å². The average Bonchev–Trinajstić information content (AvgIpc) is 3.21. The quantitative estimate of drug-likeness (QED) is 0.324. The van der Waals surface area contributed by atoms with E-state index in [4.69, 9.17) is 27.1 Å². The van der Waals surface area contributed by atoms with E-state index in [1.807, 2.05) is 57.2 Å². The summed E-state index contributed by atoms with van der Waals surface area (Å²) in [6.07, 6.45) is 0.768. The predicted molar refractivity (Wildman–Crippen MR) is 124 cm³/mol. The van der Waals surface area contributed by atoms with Crippen molar-refractivity contribution < 1.29 is 9.57 Å². The van der Waals surface area contributed by atoms with Crippen molar-refractivity contribution in [1.82, 2.24) is 14.8 Å². The second-order valence-electron chi connectivity index (χ2n) is 6.84. The molecular weight excluding hydrogens is 414 g/mol. The van der Waals surface area contributed by atoms with Gasteiger partial charge in [-0.1, -0.05) is 43.3 Å². The zero-order chi connectivity index (χ0) is 22.5. The highest BCUT2D eigenvalue weighted by atomic mass is 35.5. The van der Waals surface area contributed by atoms with Gasteiger partial charge in [0.05, 0.1) is 29.2 Å². The fraction of sp³-hybridized carbons (Fsp3) is 0.261. The normalized spacial score (nSPS) is 11.5. The molecule has 0 saturated carbocycles. The summed E-state index contributed by atoms with van der Waals surface area (Å²) >= 11 is 6.35. The van der Waals surface area contributed by atoms with E-state index in [-0.39, 0.29) is 5.90 Å². The third kappa shape index (κ3) is 4.62. The Morgan fingerprint density at radius 1 is 1.26 bits per heavy atom. The number of hydrogen-bond acceptors (Lipinski definition) is 6. The highest BCUT2D eigenvalue weighted by Gasteiger charge is 2.18. The molecule has 0 atom stereocenters. The number of nitrogens with two attached hydrogens (primary N) is 1. The number of nitrogens with zero attached hydrogens (tertiary/aromatic N) is 4. The smallest absolute Gasteiger partial charge is 0.263 e. The average molecular weight is 440 g/mol. The van der Waals surface area contributed by atoms with E-state index in [2.05, 4.69) is 21.7 Å². The van der Waals surface area contributed by atoms with Gasteiger partial charge in [0.2, 0.25) is 5.88 Å². The maximum Gasteiger partial charge on any atom is 0.263 e. The van der Waals surface area contributed by atoms with E-state index in [9.17, 15) is 0 Å². The van der Waals surface area contributed by atoms with Crippen LogP contribution in [0.2, 0.25) is 5.02 Å². The third-order valence-corrected chi connectivity index (χ3v) is 5.26. The van der Waals surface area contributed by atoms with E-state index < -0.39 is 0 Å². The van der Waals surface area contributed by atoms with Crippen molar-refractivity contribution in [2.45, 2.75) is 33.7 Å². The lowest BCUT2D eigenvalue weighted by Gasteiger charge is -2.12. The molecule has 8 heteroatoms. The lowest BCUT2D eigenvalue weighted by Crippen LogP contribution is -2.17. The summed E-state index contributed by atoms with van der Waals surface area (Å²) in [5.41, 5.74) is 5.13. The summed E-state index contributed by atoms with van der Waals surface area (Å²) in [5, 5.41) is 5.24. The molecule has 0 radical (unpaired) electrons. The van der Waals surface area contributed by atoms with Gasteiger partial charge in [-0.15, -0.1) is 0 Å². The van der Waals surface area contributed by atoms with Crippen LogP contribution in [0, 0.1) is 6.92 Å². The summed E-state index contributed by atoms with van der Waals surface area (Å²) in [7, 11) is 1.61. The van der Waals surface area contributed by atoms with E-state index in [0.29, 0.717) is 34.5 Å². The topological polar surface area (TPSA) is 87.6 Å². The Morgan fingerprint density at radius 2 is 2.00 bits per heavy atom. The van der Waals surface area contributed by atoms with Crippen LogP contribution < -0.4 is 10.6 Å². The Kier molecular flexibility index (Phi) is 7.09. The van der Waals surface area contributed by atoms with E-state index >= 15 is 0 Å². The summed E-state index contributed by atoms with van der Waals surface area (Å²) in [5.74, 6) is 6.40. The number of methoxy groups -OCH3 is 1. The van der Waals surface area contributed by atoms with Gasteiger partial charge < -0.3 is 9.57 Å². The van der Waals surface area contributed by atoms with Gasteiger partial charge in [0.25, 0.3) is 5.90 Å². The van der Waals surface area contributed by atoms with Crippen LogP contribution in [-0.2, 0) is 17.8 Å². The second-order valence-corrected chi connectivity index (χ2v) is 7.24. The van der Waals surface area contributed by atoms with Crippen LogP contribution in [0.25, 0.3) is 17.0 Å². The molecule has 3 rings (SSSR count). The number of pyridine rings is 1. The molecule has 162 valence electrons. The van der Waals surface area contributed by atoms with Crippen molar-refractivity contribution in [1.29, 1.82) is 0 Å². The van der Waals surface area contributed by atoms with Crippen LogP contribution >= 0.6 is 11.6 Å². The summed E-state index contributed by atoms with van der Waals surface area (Å²) in [4.78, 5) is 14.2. The van der Waals surface area contributed by atoms with Crippen molar-refractivity contribution in [3.63, 3.8) is 0 Å². The molecule has 2 N–H and O–H groups in total. The van der Waals surface area contributed by atoms with Crippen LogP contribution in [0.1, 0.15) is 36.4 Å². The van der Waals surface area contributed by atoms with E-state index in [1.54, 1.807) is 11.8 Å². The van der Waals surface area contributed by atoms with Gasteiger partial charge >= 0.3 is 0 Å². The Balaban J connectivity index is 2.04. The Bertz CT molecular complexity index is 1140. The maximum atomic E-state index is 6.35. The Hall–Kier alpha value is -3.16. The first-order valence-electron chi connectivity index (χ1n) is 9.95. The van der Waals surface area contributed by atoms with Crippen LogP contribution in [-0.4, -0.2) is 27.8 Å². The van der Waals surface area contributed by atoms with Gasteiger partial charge in [-0.05, 0) is 38.5 Å². The first-order valence-corrected chi connectivity index (χ1v) is 10.3. The molecule has 7 nitrogen and oxygen atoms in total. The van der Waals surface area contributed by atoms with Crippen molar-refractivity contribution in [2.24, 2.45) is 10.9 Å². The van der Waals surface area contributed by atoms with Crippen LogP contribution in [0.3, 0.4) is 0 Å². The predicted octanol–water partition coefficient (Wildman–Crippen LogP) is 4.81. The lowest BCUT2D eigenvalue weighted by atomic mass is 10.1. The van der Waals surface area contributed by atoms with Gasteiger partial charge in [0, 0.05) is 23.2 Å². The minimum Gasteiger partial charge on any atom is -0.481 e. The first kappa shape index (κ1) is 22.5. The molecule has 0 aliphatic rings. The summed E-state index contributed by atoms with van der Waals surface area (Å²) in [6.45, 7) is 10.6. The molecule has 0 spiro atoms. The third-order valence-electron chi connectivity index (χ3n) is 4.93. The van der Waals surface area contributed by atoms with Gasteiger partial charge in [0.1, 0.15) is 5.69 Å². The van der Waals surface area contributed by atoms with Crippen molar-refractivity contribution in [2.75, 3.05) is 7.11 Å². The van der Waals surface area contributed by atoms with Gasteiger partial charge in [0.15, 0.2) is 0 Å². The molecule has 0 fully saturated rings. The number of aromatic nitrogens is 3. The molecule has 31 heavy (non-hydrogen) atoms. The second kappa shape index (κ2) is 9.76. The minimum absolute atomic E-state index is 0.200. The van der Waals surface area contributed by atoms with Gasteiger partial charge in [-0.3, -0.25) is 4.68 Å².